The summed E-state index contributed by atoms with van der Waals surface area (Å²) in [6.07, 6.45) is 0. The Labute approximate surface area is 163 Å². The molecule has 0 bridgehead atoms. The van der Waals surface area contributed by atoms with E-state index in [0.29, 0.717) is 16.4 Å². The number of anilines is 1. The van der Waals surface area contributed by atoms with Gasteiger partial charge in [0.05, 0.1) is 5.57 Å². The molecule has 1 aliphatic rings. The molecule has 6 nitrogen and oxygen atoms in total. The van der Waals surface area contributed by atoms with Crippen LogP contribution in [0.4, 0.5) is 5.69 Å². The van der Waals surface area contributed by atoms with Crippen LogP contribution in [-0.2, 0) is 4.79 Å². The molecule has 1 N–H and O–H groups in total. The molecule has 3 rings (SSSR count). The maximum Gasteiger partial charge on any atom is 0.253 e. The van der Waals surface area contributed by atoms with Crippen molar-refractivity contribution in [2.24, 2.45) is 0 Å². The zero-order valence-corrected chi connectivity index (χ0v) is 17.1. The number of carbonyl (C=O) groups excluding carboxylic acids is 1. The van der Waals surface area contributed by atoms with Crippen LogP contribution in [0, 0.1) is 0 Å². The Morgan fingerprint density at radius 3 is 2.80 bits per heavy atom. The van der Waals surface area contributed by atoms with Crippen LogP contribution in [0.5, 0.6) is 0 Å². The summed E-state index contributed by atoms with van der Waals surface area (Å²) in [5.41, 5.74) is 2.94. The SMILES string of the molecule is CC1=C(C(=O)N(C)C)C(c2csnn2)NC(=S)N1c1cccc(Br)c1. The minimum absolute atomic E-state index is 0.0921. The summed E-state index contributed by atoms with van der Waals surface area (Å²) in [7, 11) is 3.46. The van der Waals surface area contributed by atoms with Gasteiger partial charge in [-0.15, -0.1) is 5.10 Å². The lowest BCUT2D eigenvalue weighted by atomic mass is 9.98. The summed E-state index contributed by atoms with van der Waals surface area (Å²) in [5, 5.41) is 9.71. The third-order valence-corrected chi connectivity index (χ3v) is 5.18. The minimum Gasteiger partial charge on any atom is -0.349 e. The monoisotopic (exact) mass is 437 g/mol. The number of aromatic nitrogens is 2. The number of halogens is 1. The number of carbonyl (C=O) groups is 1. The number of benzene rings is 1. The fourth-order valence-electron chi connectivity index (χ4n) is 2.71. The van der Waals surface area contributed by atoms with Crippen molar-refractivity contribution in [3.8, 4) is 0 Å². The number of allylic oxidation sites excluding steroid dienone is 1. The highest BCUT2D eigenvalue weighted by Gasteiger charge is 2.36. The Bertz CT molecular complexity index is 850. The highest BCUT2D eigenvalue weighted by molar-refractivity contribution is 9.10. The standard InChI is InChI=1S/C16H16BrN5OS2/c1-9-13(15(23)21(2)3)14(12-8-25-20-19-12)18-16(24)22(9)11-6-4-5-10(17)7-11/h4-8,14H,1-3H3,(H,18,24). The Morgan fingerprint density at radius 1 is 1.44 bits per heavy atom. The van der Waals surface area contributed by atoms with Gasteiger partial charge in [0.15, 0.2) is 5.11 Å². The van der Waals surface area contributed by atoms with Crippen molar-refractivity contribution in [2.45, 2.75) is 13.0 Å². The van der Waals surface area contributed by atoms with Gasteiger partial charge >= 0.3 is 0 Å². The van der Waals surface area contributed by atoms with E-state index in [9.17, 15) is 4.79 Å². The highest BCUT2D eigenvalue weighted by Crippen LogP contribution is 2.34. The van der Waals surface area contributed by atoms with E-state index in [0.717, 1.165) is 15.9 Å². The van der Waals surface area contributed by atoms with Gasteiger partial charge < -0.3 is 10.2 Å². The number of nitrogens with zero attached hydrogens (tertiary/aromatic N) is 4. The molecule has 1 unspecified atom stereocenters. The Balaban J connectivity index is 2.16. The molecule has 2 heterocycles. The summed E-state index contributed by atoms with van der Waals surface area (Å²) in [5.74, 6) is -0.0921. The van der Waals surface area contributed by atoms with E-state index in [1.54, 1.807) is 19.0 Å². The number of thiocarbonyl (C=S) groups is 1. The maximum absolute atomic E-state index is 12.9. The van der Waals surface area contributed by atoms with Crippen LogP contribution < -0.4 is 10.2 Å². The largest absolute Gasteiger partial charge is 0.349 e. The molecule has 0 aliphatic carbocycles. The summed E-state index contributed by atoms with van der Waals surface area (Å²) in [4.78, 5) is 16.3. The van der Waals surface area contributed by atoms with E-state index in [-0.39, 0.29) is 5.91 Å². The van der Waals surface area contributed by atoms with E-state index in [1.165, 1.54) is 11.5 Å². The number of amides is 1. The van der Waals surface area contributed by atoms with E-state index in [1.807, 2.05) is 41.5 Å². The van der Waals surface area contributed by atoms with Crippen molar-refractivity contribution in [3.63, 3.8) is 0 Å². The van der Waals surface area contributed by atoms with E-state index in [2.05, 4.69) is 30.8 Å². The summed E-state index contributed by atoms with van der Waals surface area (Å²) >= 11 is 10.3. The molecule has 2 aromatic rings. The molecule has 130 valence electrons. The maximum atomic E-state index is 12.9. The fraction of sp³-hybridized carbons (Fsp3) is 0.250. The van der Waals surface area contributed by atoms with E-state index < -0.39 is 6.04 Å². The topological polar surface area (TPSA) is 61.4 Å². The first-order valence-electron chi connectivity index (χ1n) is 7.45. The van der Waals surface area contributed by atoms with Crippen molar-refractivity contribution in [2.75, 3.05) is 19.0 Å². The van der Waals surface area contributed by atoms with Gasteiger partial charge in [0.1, 0.15) is 11.7 Å². The van der Waals surface area contributed by atoms with Gasteiger partial charge in [0.25, 0.3) is 5.91 Å². The predicted octanol–water partition coefficient (Wildman–Crippen LogP) is 3.10. The zero-order valence-electron chi connectivity index (χ0n) is 13.9. The average Bonchev–Trinajstić information content (AvgIpc) is 3.08. The van der Waals surface area contributed by atoms with Gasteiger partial charge in [0, 0.05) is 35.3 Å². The van der Waals surface area contributed by atoms with Crippen LogP contribution >= 0.6 is 39.7 Å². The molecular weight excluding hydrogens is 422 g/mol. The summed E-state index contributed by atoms with van der Waals surface area (Å²) in [6.45, 7) is 1.90. The van der Waals surface area contributed by atoms with Crippen LogP contribution in [-0.4, -0.2) is 39.6 Å². The molecular formula is C16H16BrN5OS2. The first-order valence-corrected chi connectivity index (χ1v) is 9.49. The van der Waals surface area contributed by atoms with Crippen LogP contribution in [0.1, 0.15) is 18.7 Å². The fourth-order valence-corrected chi connectivity index (χ4v) is 3.93. The summed E-state index contributed by atoms with van der Waals surface area (Å²) < 4.78 is 4.85. The van der Waals surface area contributed by atoms with E-state index >= 15 is 0 Å². The molecule has 0 saturated carbocycles. The average molecular weight is 438 g/mol. The molecule has 0 spiro atoms. The number of likely N-dealkylation sites (N-methyl/N-ethyl adjacent to an activating group) is 1. The summed E-state index contributed by atoms with van der Waals surface area (Å²) in [6, 6.07) is 7.37. The lowest BCUT2D eigenvalue weighted by Crippen LogP contribution is -2.49. The lowest BCUT2D eigenvalue weighted by molar-refractivity contribution is -0.125. The van der Waals surface area contributed by atoms with E-state index in [4.69, 9.17) is 12.2 Å². The lowest BCUT2D eigenvalue weighted by Gasteiger charge is -2.37. The van der Waals surface area contributed by atoms with Gasteiger partial charge in [-0.3, -0.25) is 9.69 Å². The number of hydrogen-bond donors (Lipinski definition) is 1. The number of hydrogen-bond acceptors (Lipinski definition) is 5. The third-order valence-electron chi connectivity index (χ3n) is 3.86. The second kappa shape index (κ2) is 7.19. The molecule has 0 fully saturated rings. The molecule has 9 heteroatoms. The van der Waals surface area contributed by atoms with Crippen molar-refractivity contribution in [1.29, 1.82) is 0 Å². The minimum atomic E-state index is -0.412. The molecule has 1 aromatic carbocycles. The number of nitrogens with one attached hydrogen (secondary N) is 1. The van der Waals surface area contributed by atoms with Gasteiger partial charge in [-0.2, -0.15) is 0 Å². The van der Waals surface area contributed by atoms with Crippen LogP contribution in [0.15, 0.2) is 45.4 Å². The predicted molar refractivity (Wildman–Crippen MR) is 106 cm³/mol. The second-order valence-electron chi connectivity index (χ2n) is 5.73. The smallest absolute Gasteiger partial charge is 0.253 e. The first kappa shape index (κ1) is 18.0. The van der Waals surface area contributed by atoms with Gasteiger partial charge in [-0.1, -0.05) is 26.5 Å². The quantitative estimate of drug-likeness (QED) is 0.744. The number of rotatable bonds is 3. The molecule has 1 amide bonds. The highest BCUT2D eigenvalue weighted by atomic mass is 79.9. The first-order chi connectivity index (χ1) is 11.9. The second-order valence-corrected chi connectivity index (χ2v) is 7.64. The van der Waals surface area contributed by atoms with Gasteiger partial charge in [0.2, 0.25) is 0 Å². The third kappa shape index (κ3) is 3.44. The normalized spacial score (nSPS) is 17.5. The van der Waals surface area contributed by atoms with Crippen LogP contribution in [0.3, 0.4) is 0 Å². The van der Waals surface area contributed by atoms with Gasteiger partial charge in [-0.05, 0) is 48.9 Å². The Hall–Kier alpha value is -1.84. The molecule has 25 heavy (non-hydrogen) atoms. The van der Waals surface area contributed by atoms with Gasteiger partial charge in [-0.25, -0.2) is 0 Å². The van der Waals surface area contributed by atoms with Crippen LogP contribution in [0.25, 0.3) is 0 Å². The van der Waals surface area contributed by atoms with Crippen molar-refractivity contribution in [3.05, 3.63) is 51.1 Å². The molecule has 1 aromatic heterocycles. The molecule has 0 radical (unpaired) electrons. The Kier molecular flexibility index (Phi) is 5.16. The van der Waals surface area contributed by atoms with Crippen molar-refractivity contribution >= 4 is 56.4 Å². The molecule has 0 saturated heterocycles. The molecule has 1 atom stereocenters. The van der Waals surface area contributed by atoms with Crippen LogP contribution in [0.2, 0.25) is 0 Å². The zero-order chi connectivity index (χ0) is 18.1. The van der Waals surface area contributed by atoms with Crippen molar-refractivity contribution < 1.29 is 4.79 Å². The Morgan fingerprint density at radius 2 is 2.20 bits per heavy atom. The van der Waals surface area contributed by atoms with Crippen molar-refractivity contribution in [1.82, 2.24) is 19.8 Å². The molecule has 1 aliphatic heterocycles.